The highest BCUT2D eigenvalue weighted by atomic mass is 32.2. The molecule has 1 amide bonds. The van der Waals surface area contributed by atoms with Gasteiger partial charge in [0.25, 0.3) is 10.0 Å². The first-order valence-electron chi connectivity index (χ1n) is 10.5. The maximum atomic E-state index is 13.3. The third-order valence-corrected chi connectivity index (χ3v) is 7.33. The maximum Gasteiger partial charge on any atom is 0.265 e. The summed E-state index contributed by atoms with van der Waals surface area (Å²) in [6, 6.07) is 20.2. The lowest BCUT2D eigenvalue weighted by Gasteiger charge is -2.31. The van der Waals surface area contributed by atoms with E-state index in [4.69, 9.17) is 0 Å². The predicted molar refractivity (Wildman–Crippen MR) is 125 cm³/mol. The Morgan fingerprint density at radius 3 is 2.45 bits per heavy atom. The van der Waals surface area contributed by atoms with Gasteiger partial charge in [-0.3, -0.25) is 9.10 Å². The van der Waals surface area contributed by atoms with Gasteiger partial charge in [0.15, 0.2) is 0 Å². The van der Waals surface area contributed by atoms with E-state index in [9.17, 15) is 13.2 Å². The summed E-state index contributed by atoms with van der Waals surface area (Å²) < 4.78 is 27.9. The molecule has 1 N–H and O–H groups in total. The molecule has 0 atom stereocenters. The lowest BCUT2D eigenvalue weighted by Crippen LogP contribution is -2.40. The number of amides is 1. The van der Waals surface area contributed by atoms with E-state index in [-0.39, 0.29) is 17.3 Å². The summed E-state index contributed by atoms with van der Waals surface area (Å²) >= 11 is 0. The van der Waals surface area contributed by atoms with E-state index in [1.54, 1.807) is 18.2 Å². The van der Waals surface area contributed by atoms with Gasteiger partial charge >= 0.3 is 0 Å². The second kappa shape index (κ2) is 8.55. The van der Waals surface area contributed by atoms with Crippen LogP contribution in [-0.2, 0) is 21.2 Å². The molecule has 0 saturated carbocycles. The number of nitrogens with one attached hydrogen (secondary N) is 1. The van der Waals surface area contributed by atoms with Crippen molar-refractivity contribution in [2.24, 2.45) is 0 Å². The molecule has 160 valence electrons. The molecule has 6 heteroatoms. The Hall–Kier alpha value is -3.12. The Balaban J connectivity index is 1.60. The Bertz CT molecular complexity index is 1220. The maximum absolute atomic E-state index is 13.3. The molecular formula is C25H26N2O3S. The molecule has 3 aromatic rings. The standard InChI is InChI=1S/C25H26N2O3S/c1-3-4-7-19-11-13-20(14-12-19)26-25(28)17-27-23-15-10-18(2)16-22(23)21-8-5-6-9-24(21)31(27,29)30/h5-6,8-16H,3-4,7,17H2,1-2H3,(H,26,28). The molecule has 0 aromatic heterocycles. The molecule has 1 heterocycles. The van der Waals surface area contributed by atoms with Crippen molar-refractivity contribution in [3.05, 3.63) is 77.9 Å². The van der Waals surface area contributed by atoms with Crippen LogP contribution in [0.25, 0.3) is 11.1 Å². The van der Waals surface area contributed by atoms with Crippen molar-refractivity contribution in [1.82, 2.24) is 0 Å². The Labute approximate surface area is 183 Å². The van der Waals surface area contributed by atoms with Crippen LogP contribution in [0.2, 0.25) is 0 Å². The van der Waals surface area contributed by atoms with Crippen LogP contribution >= 0.6 is 0 Å². The summed E-state index contributed by atoms with van der Waals surface area (Å²) in [6.07, 6.45) is 3.26. The zero-order valence-corrected chi connectivity index (χ0v) is 18.6. The number of fused-ring (bicyclic) bond motifs is 3. The molecule has 31 heavy (non-hydrogen) atoms. The number of carbonyl (C=O) groups is 1. The van der Waals surface area contributed by atoms with Crippen LogP contribution in [0.3, 0.4) is 0 Å². The molecule has 0 aliphatic carbocycles. The molecule has 1 aliphatic heterocycles. The van der Waals surface area contributed by atoms with Crippen LogP contribution in [0.1, 0.15) is 30.9 Å². The number of benzene rings is 3. The van der Waals surface area contributed by atoms with Gasteiger partial charge in [-0.05, 0) is 55.7 Å². The highest BCUT2D eigenvalue weighted by Crippen LogP contribution is 2.43. The molecule has 0 fully saturated rings. The van der Waals surface area contributed by atoms with Gasteiger partial charge in [0.05, 0.1) is 10.6 Å². The van der Waals surface area contributed by atoms with E-state index >= 15 is 0 Å². The largest absolute Gasteiger partial charge is 0.325 e. The van der Waals surface area contributed by atoms with E-state index in [1.165, 1.54) is 9.87 Å². The van der Waals surface area contributed by atoms with Gasteiger partial charge in [-0.25, -0.2) is 8.42 Å². The number of anilines is 2. The van der Waals surface area contributed by atoms with Crippen molar-refractivity contribution in [1.29, 1.82) is 0 Å². The van der Waals surface area contributed by atoms with E-state index in [2.05, 4.69) is 12.2 Å². The quantitative estimate of drug-likeness (QED) is 0.583. The van der Waals surface area contributed by atoms with Gasteiger partial charge in [0, 0.05) is 16.8 Å². The monoisotopic (exact) mass is 434 g/mol. The molecule has 1 aliphatic rings. The Morgan fingerprint density at radius 2 is 1.71 bits per heavy atom. The second-order valence-electron chi connectivity index (χ2n) is 7.88. The lowest BCUT2D eigenvalue weighted by molar-refractivity contribution is -0.114. The molecule has 0 radical (unpaired) electrons. The van der Waals surface area contributed by atoms with Crippen molar-refractivity contribution in [3.8, 4) is 11.1 Å². The third-order valence-electron chi connectivity index (χ3n) is 5.51. The van der Waals surface area contributed by atoms with Gasteiger partial charge in [-0.15, -0.1) is 0 Å². The summed E-state index contributed by atoms with van der Waals surface area (Å²) in [5.41, 5.74) is 4.91. The molecule has 5 nitrogen and oxygen atoms in total. The van der Waals surface area contributed by atoms with Crippen LogP contribution < -0.4 is 9.62 Å². The van der Waals surface area contributed by atoms with Crippen molar-refractivity contribution in [2.75, 3.05) is 16.2 Å². The van der Waals surface area contributed by atoms with Crippen molar-refractivity contribution in [3.63, 3.8) is 0 Å². The van der Waals surface area contributed by atoms with Crippen LogP contribution in [0.4, 0.5) is 11.4 Å². The zero-order chi connectivity index (χ0) is 22.0. The smallest absolute Gasteiger partial charge is 0.265 e. The SMILES string of the molecule is CCCCc1ccc(NC(=O)CN2c3ccc(C)cc3-c3ccccc3S2(=O)=O)cc1. The number of sulfonamides is 1. The van der Waals surface area contributed by atoms with E-state index in [0.717, 1.165) is 30.4 Å². The van der Waals surface area contributed by atoms with Gasteiger partial charge < -0.3 is 5.32 Å². The van der Waals surface area contributed by atoms with Crippen molar-refractivity contribution < 1.29 is 13.2 Å². The fraction of sp³-hybridized carbons (Fsp3) is 0.240. The summed E-state index contributed by atoms with van der Waals surface area (Å²) in [4.78, 5) is 13.0. The minimum atomic E-state index is -3.84. The molecular weight excluding hydrogens is 408 g/mol. The molecule has 3 aromatic carbocycles. The number of rotatable bonds is 6. The summed E-state index contributed by atoms with van der Waals surface area (Å²) in [7, 11) is -3.84. The fourth-order valence-electron chi connectivity index (χ4n) is 3.88. The lowest BCUT2D eigenvalue weighted by atomic mass is 10.0. The average molecular weight is 435 g/mol. The molecule has 0 unspecified atom stereocenters. The van der Waals surface area contributed by atoms with E-state index in [0.29, 0.717) is 16.9 Å². The second-order valence-corrected chi connectivity index (χ2v) is 9.71. The Morgan fingerprint density at radius 1 is 0.968 bits per heavy atom. The number of carbonyl (C=O) groups excluding carboxylic acids is 1. The fourth-order valence-corrected chi connectivity index (χ4v) is 5.53. The summed E-state index contributed by atoms with van der Waals surface area (Å²) in [5.74, 6) is -0.379. The number of aryl methyl sites for hydroxylation is 2. The highest BCUT2D eigenvalue weighted by molar-refractivity contribution is 7.93. The molecule has 4 rings (SSSR count). The van der Waals surface area contributed by atoms with Crippen LogP contribution in [0.15, 0.2) is 71.6 Å². The number of unbranched alkanes of at least 4 members (excludes halogenated alkanes) is 1. The average Bonchev–Trinajstić information content (AvgIpc) is 2.76. The van der Waals surface area contributed by atoms with Gasteiger partial charge in [-0.1, -0.05) is 55.3 Å². The number of hydrogen-bond donors (Lipinski definition) is 1. The zero-order valence-electron chi connectivity index (χ0n) is 17.8. The number of nitrogens with zero attached hydrogens (tertiary/aromatic N) is 1. The Kier molecular flexibility index (Phi) is 5.83. The summed E-state index contributed by atoms with van der Waals surface area (Å²) in [6.45, 7) is 3.83. The minimum absolute atomic E-state index is 0.223. The topological polar surface area (TPSA) is 66.5 Å². The van der Waals surface area contributed by atoms with Gasteiger partial charge in [-0.2, -0.15) is 0 Å². The van der Waals surface area contributed by atoms with Crippen LogP contribution in [-0.4, -0.2) is 20.9 Å². The first-order valence-corrected chi connectivity index (χ1v) is 12.0. The van der Waals surface area contributed by atoms with E-state index in [1.807, 2.05) is 55.5 Å². The molecule has 0 spiro atoms. The molecule has 0 saturated heterocycles. The first-order chi connectivity index (χ1) is 14.9. The van der Waals surface area contributed by atoms with Gasteiger partial charge in [0.1, 0.15) is 6.54 Å². The molecule has 0 bridgehead atoms. The normalized spacial score (nSPS) is 13.9. The third kappa shape index (κ3) is 4.21. The predicted octanol–water partition coefficient (Wildman–Crippen LogP) is 5.15. The highest BCUT2D eigenvalue weighted by Gasteiger charge is 2.35. The summed E-state index contributed by atoms with van der Waals surface area (Å²) in [5, 5.41) is 2.83. The van der Waals surface area contributed by atoms with Crippen molar-refractivity contribution in [2.45, 2.75) is 38.0 Å². The van der Waals surface area contributed by atoms with Gasteiger partial charge in [0.2, 0.25) is 5.91 Å². The minimum Gasteiger partial charge on any atom is -0.325 e. The van der Waals surface area contributed by atoms with E-state index < -0.39 is 10.0 Å². The first kappa shape index (κ1) is 21.1. The number of hydrogen-bond acceptors (Lipinski definition) is 3. The van der Waals surface area contributed by atoms with Crippen molar-refractivity contribution >= 4 is 27.3 Å². The van der Waals surface area contributed by atoms with Crippen LogP contribution in [0.5, 0.6) is 0 Å². The van der Waals surface area contributed by atoms with Crippen LogP contribution in [0, 0.1) is 6.92 Å².